The fourth-order valence-corrected chi connectivity index (χ4v) is 5.33. The molecule has 1 saturated carbocycles. The van der Waals surface area contributed by atoms with Crippen molar-refractivity contribution in [3.63, 3.8) is 0 Å². The Labute approximate surface area is 138 Å². The largest absolute Gasteiger partial charge is 0.448 e. The van der Waals surface area contributed by atoms with Crippen LogP contribution in [0.2, 0.25) is 0 Å². The Bertz CT molecular complexity index is 379. The molecular weight excluding hydrogens is 327 g/mol. The smallest absolute Gasteiger partial charge is 0.371 e. The number of carbonyl (C=O) groups is 1. The highest BCUT2D eigenvalue weighted by atomic mass is 35.5. The average Bonchev–Trinajstić information content (AvgIpc) is 2.43. The lowest BCUT2D eigenvalue weighted by Gasteiger charge is -2.35. The van der Waals surface area contributed by atoms with Crippen LogP contribution in [0.15, 0.2) is 0 Å². The molecule has 0 spiro atoms. The van der Waals surface area contributed by atoms with Crippen LogP contribution in [-0.4, -0.2) is 29.9 Å². The minimum Gasteiger partial charge on any atom is -0.448 e. The van der Waals surface area contributed by atoms with Gasteiger partial charge in [0.05, 0.1) is 12.2 Å². The first-order valence-electron chi connectivity index (χ1n) is 8.00. The van der Waals surface area contributed by atoms with Crippen LogP contribution in [0.1, 0.15) is 59.8 Å². The Hall–Kier alpha value is -0.0900. The van der Waals surface area contributed by atoms with Crippen molar-refractivity contribution < 1.29 is 23.1 Å². The molecule has 1 aliphatic rings. The van der Waals surface area contributed by atoms with Crippen LogP contribution in [0.25, 0.3) is 0 Å². The molecule has 1 unspecified atom stereocenters. The van der Waals surface area contributed by atoms with Crippen molar-refractivity contribution in [3.8, 4) is 0 Å². The van der Waals surface area contributed by atoms with E-state index in [0.29, 0.717) is 0 Å². The Morgan fingerprint density at radius 3 is 2.00 bits per heavy atom. The van der Waals surface area contributed by atoms with Gasteiger partial charge in [-0.05, 0) is 40.5 Å². The Balaban J connectivity index is 3.04. The summed E-state index contributed by atoms with van der Waals surface area (Å²) in [4.78, 5) is 11.7. The number of halogens is 1. The second-order valence-corrected chi connectivity index (χ2v) is 8.54. The summed E-state index contributed by atoms with van der Waals surface area (Å²) in [5.41, 5.74) is 0. The van der Waals surface area contributed by atoms with Gasteiger partial charge in [-0.2, -0.15) is 0 Å². The van der Waals surface area contributed by atoms with Crippen LogP contribution in [0, 0.1) is 5.92 Å². The number of ether oxygens (including phenoxy) is 1. The summed E-state index contributed by atoms with van der Waals surface area (Å²) >= 11 is 5.55. The quantitative estimate of drug-likeness (QED) is 0.358. The van der Waals surface area contributed by atoms with E-state index in [4.69, 9.17) is 25.4 Å². The number of carbonyl (C=O) groups excluding carboxylic acids is 1. The number of esters is 1. The zero-order valence-electron chi connectivity index (χ0n) is 13.9. The zero-order chi connectivity index (χ0) is 16.8. The van der Waals surface area contributed by atoms with E-state index in [1.54, 1.807) is 27.7 Å². The monoisotopic (exact) mass is 354 g/mol. The van der Waals surface area contributed by atoms with E-state index in [9.17, 15) is 9.36 Å². The van der Waals surface area contributed by atoms with Crippen molar-refractivity contribution in [2.24, 2.45) is 5.92 Å². The van der Waals surface area contributed by atoms with Crippen LogP contribution >= 0.6 is 19.2 Å². The normalized spacial score (nSPS) is 18.7. The molecule has 1 fully saturated rings. The first kappa shape index (κ1) is 20.0. The predicted octanol–water partition coefficient (Wildman–Crippen LogP) is 4.72. The lowest BCUT2D eigenvalue weighted by molar-refractivity contribution is -0.146. The molecule has 0 radical (unpaired) electrons. The van der Waals surface area contributed by atoms with Crippen molar-refractivity contribution in [2.45, 2.75) is 77.9 Å². The van der Waals surface area contributed by atoms with E-state index < -0.39 is 19.4 Å². The van der Waals surface area contributed by atoms with Gasteiger partial charge in [0, 0.05) is 5.92 Å². The van der Waals surface area contributed by atoms with Gasteiger partial charge in [-0.1, -0.05) is 19.3 Å². The summed E-state index contributed by atoms with van der Waals surface area (Å²) in [5.74, 6) is -1.74. The highest BCUT2D eigenvalue weighted by Gasteiger charge is 2.46. The number of alkyl halides is 1. The minimum atomic E-state index is -3.58. The molecule has 0 aromatic heterocycles. The lowest BCUT2D eigenvalue weighted by atomic mass is 9.90. The van der Waals surface area contributed by atoms with E-state index in [0.717, 1.165) is 32.1 Å². The SMILES string of the molecule is CC(C)OP(=O)(OC(C)C)C(OC(=O)CCl)C1CCCCC1. The number of hydrogen-bond acceptors (Lipinski definition) is 5. The molecule has 0 aliphatic heterocycles. The summed E-state index contributed by atoms with van der Waals surface area (Å²) in [6, 6.07) is 0. The van der Waals surface area contributed by atoms with Gasteiger partial charge in [0.1, 0.15) is 5.88 Å². The summed E-state index contributed by atoms with van der Waals surface area (Å²) < 4.78 is 30.0. The summed E-state index contributed by atoms with van der Waals surface area (Å²) in [7, 11) is -3.58. The van der Waals surface area contributed by atoms with Crippen molar-refractivity contribution in [2.75, 3.05) is 5.88 Å². The molecule has 7 heteroatoms. The van der Waals surface area contributed by atoms with Gasteiger partial charge in [0.2, 0.25) is 5.85 Å². The van der Waals surface area contributed by atoms with Crippen LogP contribution in [0.3, 0.4) is 0 Å². The Morgan fingerprint density at radius 2 is 1.59 bits per heavy atom. The number of hydrogen-bond donors (Lipinski definition) is 0. The van der Waals surface area contributed by atoms with Crippen LogP contribution in [-0.2, 0) is 23.1 Å². The van der Waals surface area contributed by atoms with Gasteiger partial charge in [-0.25, -0.2) is 0 Å². The van der Waals surface area contributed by atoms with Crippen LogP contribution < -0.4 is 0 Å². The zero-order valence-corrected chi connectivity index (χ0v) is 15.6. The third kappa shape index (κ3) is 6.19. The van der Waals surface area contributed by atoms with Gasteiger partial charge >= 0.3 is 13.6 Å². The molecule has 130 valence electrons. The molecule has 0 heterocycles. The van der Waals surface area contributed by atoms with Crippen molar-refractivity contribution in [1.29, 1.82) is 0 Å². The minimum absolute atomic E-state index is 0.00995. The van der Waals surface area contributed by atoms with E-state index >= 15 is 0 Å². The Morgan fingerprint density at radius 1 is 1.09 bits per heavy atom. The molecule has 0 aromatic carbocycles. The van der Waals surface area contributed by atoms with Crippen molar-refractivity contribution >= 4 is 25.2 Å². The lowest BCUT2D eigenvalue weighted by Crippen LogP contribution is -2.32. The number of rotatable bonds is 8. The van der Waals surface area contributed by atoms with Gasteiger partial charge in [0.25, 0.3) is 0 Å². The van der Waals surface area contributed by atoms with Crippen molar-refractivity contribution in [1.82, 2.24) is 0 Å². The standard InChI is InChI=1S/C15H28ClO5P/c1-11(2)20-22(18,21-12(3)4)15(19-14(17)10-16)13-8-6-5-7-9-13/h11-13,15H,5-10H2,1-4H3. The summed E-state index contributed by atoms with van der Waals surface area (Å²) in [6.45, 7) is 7.16. The second-order valence-electron chi connectivity index (χ2n) is 6.26. The fourth-order valence-electron chi connectivity index (χ4n) is 2.74. The third-order valence-electron chi connectivity index (χ3n) is 3.44. The van der Waals surface area contributed by atoms with Gasteiger partial charge in [-0.3, -0.25) is 9.36 Å². The molecule has 0 bridgehead atoms. The first-order valence-corrected chi connectivity index (χ1v) is 10.1. The second kappa shape index (κ2) is 9.27. The fraction of sp³-hybridized carbons (Fsp3) is 0.933. The molecule has 0 aromatic rings. The van der Waals surface area contributed by atoms with E-state index in [2.05, 4.69) is 0 Å². The molecule has 0 N–H and O–H groups in total. The molecule has 22 heavy (non-hydrogen) atoms. The molecular formula is C15H28ClO5P. The van der Waals surface area contributed by atoms with Crippen molar-refractivity contribution in [3.05, 3.63) is 0 Å². The molecule has 1 aliphatic carbocycles. The maximum absolute atomic E-state index is 13.3. The Kier molecular flexibility index (Phi) is 8.40. The van der Waals surface area contributed by atoms with E-state index in [1.807, 2.05) is 0 Å². The third-order valence-corrected chi connectivity index (χ3v) is 6.24. The maximum Gasteiger partial charge on any atom is 0.371 e. The molecule has 1 rings (SSSR count). The van der Waals surface area contributed by atoms with Crippen LogP contribution in [0.5, 0.6) is 0 Å². The molecule has 1 atom stereocenters. The van der Waals surface area contributed by atoms with Gasteiger partial charge in [0.15, 0.2) is 0 Å². The topological polar surface area (TPSA) is 61.8 Å². The maximum atomic E-state index is 13.3. The molecule has 0 saturated heterocycles. The van der Waals surface area contributed by atoms with Crippen LogP contribution in [0.4, 0.5) is 0 Å². The molecule has 0 amide bonds. The van der Waals surface area contributed by atoms with E-state index in [1.165, 1.54) is 0 Å². The van der Waals surface area contributed by atoms with Gasteiger partial charge in [-0.15, -0.1) is 11.6 Å². The highest BCUT2D eigenvalue weighted by molar-refractivity contribution is 7.54. The summed E-state index contributed by atoms with van der Waals surface area (Å²) in [5, 5.41) is 0. The summed E-state index contributed by atoms with van der Waals surface area (Å²) in [6.07, 6.45) is 4.34. The molecule has 5 nitrogen and oxygen atoms in total. The first-order chi connectivity index (χ1) is 10.3. The van der Waals surface area contributed by atoms with E-state index in [-0.39, 0.29) is 24.0 Å². The highest BCUT2D eigenvalue weighted by Crippen LogP contribution is 2.59. The predicted molar refractivity (Wildman–Crippen MR) is 87.2 cm³/mol. The average molecular weight is 355 g/mol. The van der Waals surface area contributed by atoms with Gasteiger partial charge < -0.3 is 13.8 Å².